The van der Waals surface area contributed by atoms with Gasteiger partial charge in [0, 0.05) is 34.7 Å². The molecule has 1 amide bonds. The number of hydrogen-bond acceptors (Lipinski definition) is 4. The summed E-state index contributed by atoms with van der Waals surface area (Å²) in [5.74, 6) is 0. The van der Waals surface area contributed by atoms with Crippen LogP contribution in [-0.4, -0.2) is 59.4 Å². The summed E-state index contributed by atoms with van der Waals surface area (Å²) in [5.41, 5.74) is 0.733. The van der Waals surface area contributed by atoms with Crippen molar-refractivity contribution in [2.75, 3.05) is 20.2 Å². The summed E-state index contributed by atoms with van der Waals surface area (Å²) in [7, 11) is 0.445. The van der Waals surface area contributed by atoms with Gasteiger partial charge in [-0.25, -0.2) is 4.79 Å². The molecule has 0 aliphatic carbocycles. The molecule has 1 heterocycles. The fraction of sp³-hybridized carbons (Fsp3) is 0.750. The number of halogens is 1. The Kier molecular flexibility index (Phi) is 6.82. The van der Waals surface area contributed by atoms with E-state index in [0.717, 1.165) is 11.7 Å². The first-order chi connectivity index (χ1) is 9.69. The third kappa shape index (κ3) is 7.05. The molecule has 0 fully saturated rings. The SMILES string of the molecule is CN(CCc1nn(COCC[Si](C)(C)C)nc1Br)C(=O)O. The maximum atomic E-state index is 10.7. The van der Waals surface area contributed by atoms with Gasteiger partial charge in [0.2, 0.25) is 0 Å². The second-order valence-corrected chi connectivity index (χ2v) is 12.5. The fourth-order valence-corrected chi connectivity index (χ4v) is 2.68. The van der Waals surface area contributed by atoms with Crippen molar-refractivity contribution in [1.29, 1.82) is 0 Å². The van der Waals surface area contributed by atoms with E-state index in [1.54, 1.807) is 0 Å². The van der Waals surface area contributed by atoms with Gasteiger partial charge in [-0.3, -0.25) is 0 Å². The molecule has 1 aromatic heterocycles. The number of carbonyl (C=O) groups is 1. The van der Waals surface area contributed by atoms with Crippen LogP contribution in [0.15, 0.2) is 4.60 Å². The Bertz CT molecular complexity index is 476. The number of likely N-dealkylation sites (N-methyl/N-ethyl adjacent to an activating group) is 1. The summed E-state index contributed by atoms with van der Waals surface area (Å²) in [5, 5.41) is 17.3. The number of aromatic nitrogens is 3. The molecule has 1 N–H and O–H groups in total. The summed E-state index contributed by atoms with van der Waals surface area (Å²) in [6.45, 7) is 8.31. The van der Waals surface area contributed by atoms with Gasteiger partial charge in [0.15, 0.2) is 11.3 Å². The predicted octanol–water partition coefficient (Wildman–Crippen LogP) is 2.51. The first kappa shape index (κ1) is 18.1. The Labute approximate surface area is 134 Å². The largest absolute Gasteiger partial charge is 0.465 e. The number of amides is 1. The molecular weight excluding hydrogens is 356 g/mol. The molecule has 0 saturated carbocycles. The molecule has 0 aromatic carbocycles. The fourth-order valence-electron chi connectivity index (χ4n) is 1.47. The van der Waals surface area contributed by atoms with Crippen molar-refractivity contribution >= 4 is 30.1 Å². The molecule has 1 aromatic rings. The second-order valence-electron chi connectivity index (χ2n) is 6.11. The Hall–Kier alpha value is -0.933. The lowest BCUT2D eigenvalue weighted by Crippen LogP contribution is -2.27. The molecule has 9 heteroatoms. The van der Waals surface area contributed by atoms with Crippen LogP contribution in [0, 0.1) is 0 Å². The summed E-state index contributed by atoms with van der Waals surface area (Å²) < 4.78 is 6.21. The van der Waals surface area contributed by atoms with Gasteiger partial charge in [-0.05, 0) is 22.0 Å². The van der Waals surface area contributed by atoms with Crippen LogP contribution in [0.25, 0.3) is 0 Å². The van der Waals surface area contributed by atoms with E-state index in [9.17, 15) is 4.79 Å². The molecule has 0 aliphatic rings. The smallest absolute Gasteiger partial charge is 0.407 e. The highest BCUT2D eigenvalue weighted by molar-refractivity contribution is 9.10. The van der Waals surface area contributed by atoms with E-state index < -0.39 is 14.2 Å². The van der Waals surface area contributed by atoms with E-state index in [0.29, 0.717) is 30.9 Å². The number of rotatable bonds is 8. The highest BCUT2D eigenvalue weighted by Crippen LogP contribution is 2.12. The summed E-state index contributed by atoms with van der Waals surface area (Å²) in [6, 6.07) is 1.10. The molecule has 120 valence electrons. The van der Waals surface area contributed by atoms with Crippen LogP contribution in [-0.2, 0) is 17.9 Å². The van der Waals surface area contributed by atoms with Crippen LogP contribution in [0.2, 0.25) is 25.7 Å². The number of nitrogens with zero attached hydrogens (tertiary/aromatic N) is 4. The minimum Gasteiger partial charge on any atom is -0.465 e. The molecular formula is C12H23BrN4O3Si. The quantitative estimate of drug-likeness (QED) is 0.555. The molecule has 0 bridgehead atoms. The number of hydrogen-bond donors (Lipinski definition) is 1. The minimum absolute atomic E-state index is 0.317. The van der Waals surface area contributed by atoms with Gasteiger partial charge in [0.25, 0.3) is 0 Å². The first-order valence-electron chi connectivity index (χ1n) is 6.80. The molecule has 0 unspecified atom stereocenters. The summed E-state index contributed by atoms with van der Waals surface area (Å²) in [4.78, 5) is 13.4. The maximum Gasteiger partial charge on any atom is 0.407 e. The highest BCUT2D eigenvalue weighted by atomic mass is 79.9. The summed E-state index contributed by atoms with van der Waals surface area (Å²) >= 11 is 3.34. The van der Waals surface area contributed by atoms with Crippen LogP contribution in [0.1, 0.15) is 5.69 Å². The van der Waals surface area contributed by atoms with Crippen LogP contribution in [0.3, 0.4) is 0 Å². The highest BCUT2D eigenvalue weighted by Gasteiger charge is 2.14. The van der Waals surface area contributed by atoms with Gasteiger partial charge in [0.05, 0.1) is 5.69 Å². The zero-order valence-corrected chi connectivity index (χ0v) is 15.6. The lowest BCUT2D eigenvalue weighted by molar-refractivity contribution is 0.0680. The van der Waals surface area contributed by atoms with Crippen molar-refractivity contribution in [3.05, 3.63) is 10.3 Å². The minimum atomic E-state index is -1.08. The van der Waals surface area contributed by atoms with Crippen molar-refractivity contribution < 1.29 is 14.6 Å². The monoisotopic (exact) mass is 378 g/mol. The lowest BCUT2D eigenvalue weighted by atomic mass is 10.3. The van der Waals surface area contributed by atoms with Crippen LogP contribution >= 0.6 is 15.9 Å². The van der Waals surface area contributed by atoms with Crippen LogP contribution in [0.4, 0.5) is 4.79 Å². The van der Waals surface area contributed by atoms with E-state index in [2.05, 4.69) is 45.8 Å². The molecule has 1 rings (SSSR count). The third-order valence-electron chi connectivity index (χ3n) is 2.89. The van der Waals surface area contributed by atoms with E-state index in [1.807, 2.05) is 0 Å². The normalized spacial score (nSPS) is 11.7. The maximum absolute atomic E-state index is 10.7. The second kappa shape index (κ2) is 7.90. The van der Waals surface area contributed by atoms with Gasteiger partial charge in [-0.2, -0.15) is 9.90 Å². The van der Waals surface area contributed by atoms with Crippen molar-refractivity contribution in [3.8, 4) is 0 Å². The molecule has 0 radical (unpaired) electrons. The van der Waals surface area contributed by atoms with Crippen LogP contribution < -0.4 is 0 Å². The molecule has 7 nitrogen and oxygen atoms in total. The Balaban J connectivity index is 2.41. The Morgan fingerprint density at radius 3 is 2.67 bits per heavy atom. The van der Waals surface area contributed by atoms with Crippen molar-refractivity contribution in [2.45, 2.75) is 38.8 Å². The zero-order chi connectivity index (χ0) is 16.0. The summed E-state index contributed by atoms with van der Waals surface area (Å²) in [6.07, 6.45) is -0.439. The first-order valence-corrected chi connectivity index (χ1v) is 11.3. The zero-order valence-electron chi connectivity index (χ0n) is 13.0. The van der Waals surface area contributed by atoms with E-state index in [4.69, 9.17) is 9.84 Å². The number of carboxylic acid groups (broad SMARTS) is 1. The van der Waals surface area contributed by atoms with Crippen molar-refractivity contribution in [3.63, 3.8) is 0 Å². The van der Waals surface area contributed by atoms with Crippen molar-refractivity contribution in [1.82, 2.24) is 19.9 Å². The van der Waals surface area contributed by atoms with Crippen molar-refractivity contribution in [2.24, 2.45) is 0 Å². The molecule has 0 aliphatic heterocycles. The van der Waals surface area contributed by atoms with E-state index >= 15 is 0 Å². The lowest BCUT2D eigenvalue weighted by Gasteiger charge is -2.14. The average molecular weight is 379 g/mol. The standard InChI is InChI=1S/C12H23BrN4O3Si/c1-16(12(18)19)6-5-10-11(13)15-17(14-10)9-20-7-8-21(2,3)4/h5-9H2,1-4H3,(H,18,19). The topological polar surface area (TPSA) is 80.5 Å². The molecule has 0 atom stereocenters. The molecule has 0 spiro atoms. The third-order valence-corrected chi connectivity index (χ3v) is 5.21. The van der Waals surface area contributed by atoms with Gasteiger partial charge in [-0.1, -0.05) is 19.6 Å². The molecule has 0 saturated heterocycles. The van der Waals surface area contributed by atoms with E-state index in [1.165, 1.54) is 16.7 Å². The molecule has 21 heavy (non-hydrogen) atoms. The Morgan fingerprint density at radius 2 is 2.10 bits per heavy atom. The average Bonchev–Trinajstić information content (AvgIpc) is 2.71. The van der Waals surface area contributed by atoms with Crippen LogP contribution in [0.5, 0.6) is 0 Å². The van der Waals surface area contributed by atoms with Gasteiger partial charge >= 0.3 is 6.09 Å². The van der Waals surface area contributed by atoms with E-state index in [-0.39, 0.29) is 0 Å². The number of ether oxygens (including phenoxy) is 1. The van der Waals surface area contributed by atoms with Gasteiger partial charge in [-0.15, -0.1) is 5.10 Å². The predicted molar refractivity (Wildman–Crippen MR) is 86.2 cm³/mol. The van der Waals surface area contributed by atoms with Gasteiger partial charge in [0.1, 0.15) is 0 Å². The Morgan fingerprint density at radius 1 is 1.43 bits per heavy atom. The van der Waals surface area contributed by atoms with Gasteiger partial charge < -0.3 is 14.7 Å².